The lowest BCUT2D eigenvalue weighted by molar-refractivity contribution is 0.0944. The molecule has 102 valence electrons. The maximum Gasteiger partial charge on any atom is 0.287 e. The summed E-state index contributed by atoms with van der Waals surface area (Å²) in [5, 5.41) is 7.82. The molecule has 19 heavy (non-hydrogen) atoms. The zero-order valence-corrected chi connectivity index (χ0v) is 10.9. The molecule has 2 heterocycles. The molecule has 2 aromatic rings. The number of ether oxygens (including phenoxy) is 1. The van der Waals surface area contributed by atoms with Crippen molar-refractivity contribution in [1.82, 2.24) is 20.4 Å². The number of nitrogen functional groups attached to an aromatic ring is 1. The Hall–Kier alpha value is -2.35. The number of nitrogens with two attached hydrogens (primary N) is 1. The van der Waals surface area contributed by atoms with Crippen LogP contribution in [0.1, 0.15) is 27.6 Å². The Morgan fingerprint density at radius 1 is 1.58 bits per heavy atom. The molecule has 1 amide bonds. The fourth-order valence-corrected chi connectivity index (χ4v) is 1.67. The third kappa shape index (κ3) is 2.58. The quantitative estimate of drug-likeness (QED) is 0.464. The van der Waals surface area contributed by atoms with Gasteiger partial charge in [0.05, 0.1) is 5.69 Å². The van der Waals surface area contributed by atoms with Gasteiger partial charge in [0.15, 0.2) is 17.2 Å². The molecule has 2 rings (SSSR count). The van der Waals surface area contributed by atoms with Crippen LogP contribution in [0.25, 0.3) is 0 Å². The first-order valence-electron chi connectivity index (χ1n) is 5.62. The summed E-state index contributed by atoms with van der Waals surface area (Å²) in [6, 6.07) is 1.48. The molecule has 2 aromatic heterocycles. The fourth-order valence-electron chi connectivity index (χ4n) is 1.67. The van der Waals surface area contributed by atoms with E-state index in [2.05, 4.69) is 10.3 Å². The number of amides is 1. The largest absolute Gasteiger partial charge is 0.482 e. The summed E-state index contributed by atoms with van der Waals surface area (Å²) < 4.78 is 12.3. The molecule has 0 fully saturated rings. The lowest BCUT2D eigenvalue weighted by Crippen LogP contribution is -2.30. The summed E-state index contributed by atoms with van der Waals surface area (Å²) in [5.41, 5.74) is 3.79. The first kappa shape index (κ1) is 13.1. The summed E-state index contributed by atoms with van der Waals surface area (Å²) >= 11 is 0. The standard InChI is InChI=1S/C11H15N5O3/c1-6-10(7(2)16(3)14-6)18-5-8-4-9(15-19-8)11(17)13-12/h4H,5,12H2,1-3H3,(H,13,17). The van der Waals surface area contributed by atoms with Gasteiger partial charge in [-0.05, 0) is 13.8 Å². The third-order valence-corrected chi connectivity index (χ3v) is 2.72. The van der Waals surface area contributed by atoms with E-state index in [0.717, 1.165) is 11.4 Å². The van der Waals surface area contributed by atoms with E-state index in [0.29, 0.717) is 11.5 Å². The second-order valence-corrected chi connectivity index (χ2v) is 4.06. The van der Waals surface area contributed by atoms with Crippen molar-refractivity contribution in [3.05, 3.63) is 28.9 Å². The van der Waals surface area contributed by atoms with Gasteiger partial charge in [0.25, 0.3) is 5.91 Å². The molecule has 8 heteroatoms. The van der Waals surface area contributed by atoms with Crippen molar-refractivity contribution in [3.63, 3.8) is 0 Å². The highest BCUT2D eigenvalue weighted by Gasteiger charge is 2.14. The van der Waals surface area contributed by atoms with E-state index in [1.165, 1.54) is 6.07 Å². The molecule has 0 saturated heterocycles. The second-order valence-electron chi connectivity index (χ2n) is 4.06. The predicted octanol–water partition coefficient (Wildman–Crippen LogP) is 0.207. The van der Waals surface area contributed by atoms with E-state index in [4.69, 9.17) is 15.1 Å². The van der Waals surface area contributed by atoms with Crippen molar-refractivity contribution in [3.8, 4) is 5.75 Å². The lowest BCUT2D eigenvalue weighted by atomic mass is 10.3. The number of aryl methyl sites for hydroxylation is 2. The van der Waals surface area contributed by atoms with E-state index < -0.39 is 5.91 Å². The fraction of sp³-hybridized carbons (Fsp3) is 0.364. The van der Waals surface area contributed by atoms with Gasteiger partial charge in [-0.25, -0.2) is 5.84 Å². The van der Waals surface area contributed by atoms with Gasteiger partial charge in [0.1, 0.15) is 12.3 Å². The van der Waals surface area contributed by atoms with Gasteiger partial charge in [0, 0.05) is 13.1 Å². The molecule has 0 unspecified atom stereocenters. The number of aromatic nitrogens is 3. The smallest absolute Gasteiger partial charge is 0.287 e. The van der Waals surface area contributed by atoms with Crippen LogP contribution >= 0.6 is 0 Å². The average molecular weight is 265 g/mol. The predicted molar refractivity (Wildman–Crippen MR) is 65.2 cm³/mol. The van der Waals surface area contributed by atoms with Crippen LogP contribution in [-0.2, 0) is 13.7 Å². The molecule has 0 bridgehead atoms. The SMILES string of the molecule is Cc1nn(C)c(C)c1OCc1cc(C(=O)NN)no1. The van der Waals surface area contributed by atoms with E-state index in [9.17, 15) is 4.79 Å². The van der Waals surface area contributed by atoms with E-state index >= 15 is 0 Å². The van der Waals surface area contributed by atoms with Crippen LogP contribution in [0.15, 0.2) is 10.6 Å². The maximum absolute atomic E-state index is 11.2. The molecule has 0 spiro atoms. The molecular weight excluding hydrogens is 250 g/mol. The monoisotopic (exact) mass is 265 g/mol. The van der Waals surface area contributed by atoms with Crippen LogP contribution in [-0.4, -0.2) is 20.8 Å². The van der Waals surface area contributed by atoms with E-state index in [1.54, 1.807) is 4.68 Å². The molecule has 0 saturated carbocycles. The van der Waals surface area contributed by atoms with Gasteiger partial charge in [-0.1, -0.05) is 5.16 Å². The van der Waals surface area contributed by atoms with Crippen molar-refractivity contribution in [1.29, 1.82) is 0 Å². The molecule has 0 aliphatic carbocycles. The Morgan fingerprint density at radius 3 is 2.89 bits per heavy atom. The van der Waals surface area contributed by atoms with Gasteiger partial charge in [-0.2, -0.15) is 5.10 Å². The van der Waals surface area contributed by atoms with Gasteiger partial charge in [0.2, 0.25) is 0 Å². The Morgan fingerprint density at radius 2 is 2.32 bits per heavy atom. The number of carbonyl (C=O) groups is 1. The van der Waals surface area contributed by atoms with Crippen molar-refractivity contribution in [2.45, 2.75) is 20.5 Å². The summed E-state index contributed by atoms with van der Waals surface area (Å²) in [6.45, 7) is 3.93. The minimum Gasteiger partial charge on any atom is -0.482 e. The van der Waals surface area contributed by atoms with Crippen LogP contribution in [0.5, 0.6) is 5.75 Å². The Bertz CT molecular complexity index is 601. The van der Waals surface area contributed by atoms with Crippen molar-refractivity contribution in [2.75, 3.05) is 0 Å². The van der Waals surface area contributed by atoms with Gasteiger partial charge in [-0.3, -0.25) is 14.9 Å². The van der Waals surface area contributed by atoms with Crippen molar-refractivity contribution in [2.24, 2.45) is 12.9 Å². The zero-order chi connectivity index (χ0) is 14.0. The third-order valence-electron chi connectivity index (χ3n) is 2.72. The molecule has 0 aliphatic rings. The van der Waals surface area contributed by atoms with Crippen LogP contribution in [0, 0.1) is 13.8 Å². The molecule has 0 aliphatic heterocycles. The normalized spacial score (nSPS) is 10.5. The zero-order valence-electron chi connectivity index (χ0n) is 10.9. The van der Waals surface area contributed by atoms with Crippen LogP contribution in [0.3, 0.4) is 0 Å². The molecule has 0 atom stereocenters. The van der Waals surface area contributed by atoms with E-state index in [-0.39, 0.29) is 12.3 Å². The first-order chi connectivity index (χ1) is 9.02. The topological polar surface area (TPSA) is 108 Å². The minimum atomic E-state index is -0.510. The van der Waals surface area contributed by atoms with E-state index in [1.807, 2.05) is 26.3 Å². The Balaban J connectivity index is 2.06. The maximum atomic E-state index is 11.2. The number of carbonyl (C=O) groups excluding carboxylic acids is 1. The molecule has 8 nitrogen and oxygen atoms in total. The molecular formula is C11H15N5O3. The van der Waals surface area contributed by atoms with Crippen LogP contribution in [0.4, 0.5) is 0 Å². The summed E-state index contributed by atoms with van der Waals surface area (Å²) in [6.07, 6.45) is 0. The Labute approximate surface area is 109 Å². The summed E-state index contributed by atoms with van der Waals surface area (Å²) in [7, 11) is 1.84. The molecule has 3 N–H and O–H groups in total. The first-order valence-corrected chi connectivity index (χ1v) is 5.62. The average Bonchev–Trinajstić information content (AvgIpc) is 2.94. The minimum absolute atomic E-state index is 0.112. The van der Waals surface area contributed by atoms with Gasteiger partial charge in [-0.15, -0.1) is 0 Å². The molecule has 0 aromatic carbocycles. The highest BCUT2D eigenvalue weighted by atomic mass is 16.5. The van der Waals surface area contributed by atoms with Crippen LogP contribution < -0.4 is 16.0 Å². The number of nitrogens with one attached hydrogen (secondary N) is 1. The second kappa shape index (κ2) is 5.11. The number of hydrogen-bond acceptors (Lipinski definition) is 6. The number of hydrogen-bond donors (Lipinski definition) is 2. The molecule has 0 radical (unpaired) electrons. The lowest BCUT2D eigenvalue weighted by Gasteiger charge is -2.03. The number of rotatable bonds is 4. The van der Waals surface area contributed by atoms with Gasteiger partial charge >= 0.3 is 0 Å². The van der Waals surface area contributed by atoms with Crippen molar-refractivity contribution >= 4 is 5.91 Å². The Kier molecular flexibility index (Phi) is 3.52. The highest BCUT2D eigenvalue weighted by Crippen LogP contribution is 2.22. The summed E-state index contributed by atoms with van der Waals surface area (Å²) in [5.74, 6) is 5.62. The highest BCUT2D eigenvalue weighted by molar-refractivity contribution is 5.91. The number of hydrazine groups is 1. The van der Waals surface area contributed by atoms with Crippen molar-refractivity contribution < 1.29 is 14.1 Å². The summed E-state index contributed by atoms with van der Waals surface area (Å²) in [4.78, 5) is 11.2. The van der Waals surface area contributed by atoms with Crippen LogP contribution in [0.2, 0.25) is 0 Å². The van der Waals surface area contributed by atoms with Gasteiger partial charge < -0.3 is 9.26 Å². The number of nitrogens with zero attached hydrogens (tertiary/aromatic N) is 3.